The van der Waals surface area contributed by atoms with Gasteiger partial charge in [-0.3, -0.25) is 0 Å². The smallest absolute Gasteiger partial charge is 0.0519 e. The van der Waals surface area contributed by atoms with Crippen LogP contribution in [0, 0.1) is 18.8 Å². The van der Waals surface area contributed by atoms with Crippen LogP contribution in [-0.4, -0.2) is 24.9 Å². The molecule has 0 bridgehead atoms. The van der Waals surface area contributed by atoms with E-state index < -0.39 is 0 Å². The van der Waals surface area contributed by atoms with E-state index in [0.29, 0.717) is 6.61 Å². The highest BCUT2D eigenvalue weighted by Gasteiger charge is 2.21. The van der Waals surface area contributed by atoms with Gasteiger partial charge >= 0.3 is 0 Å². The Hall–Kier alpha value is -0.860. The standard InChI is InChI=1S/C15H22O2/c1-12-2-4-13(5-3-12)8-15(9-16)11-17-10-14-6-7-14/h2-5,14-16H,6-11H2,1H3. The fourth-order valence-corrected chi connectivity index (χ4v) is 1.92. The number of ether oxygens (including phenoxy) is 1. The average molecular weight is 234 g/mol. The monoisotopic (exact) mass is 234 g/mol. The van der Waals surface area contributed by atoms with Gasteiger partial charge in [0.05, 0.1) is 6.61 Å². The molecule has 1 fully saturated rings. The van der Waals surface area contributed by atoms with Crippen molar-refractivity contribution in [3.63, 3.8) is 0 Å². The van der Waals surface area contributed by atoms with Crippen molar-refractivity contribution in [1.82, 2.24) is 0 Å². The lowest BCUT2D eigenvalue weighted by atomic mass is 10.00. The van der Waals surface area contributed by atoms with Crippen LogP contribution in [0.1, 0.15) is 24.0 Å². The number of aliphatic hydroxyl groups excluding tert-OH is 1. The summed E-state index contributed by atoms with van der Waals surface area (Å²) in [5, 5.41) is 9.34. The number of rotatable bonds is 7. The van der Waals surface area contributed by atoms with Gasteiger partial charge in [0, 0.05) is 19.1 Å². The molecule has 2 nitrogen and oxygen atoms in total. The van der Waals surface area contributed by atoms with Gasteiger partial charge in [-0.05, 0) is 37.7 Å². The van der Waals surface area contributed by atoms with E-state index in [9.17, 15) is 5.11 Å². The van der Waals surface area contributed by atoms with Gasteiger partial charge in [-0.25, -0.2) is 0 Å². The molecule has 0 radical (unpaired) electrons. The zero-order valence-corrected chi connectivity index (χ0v) is 10.6. The van der Waals surface area contributed by atoms with Gasteiger partial charge in [0.15, 0.2) is 0 Å². The summed E-state index contributed by atoms with van der Waals surface area (Å²) in [6.45, 7) is 3.86. The van der Waals surface area contributed by atoms with Crippen molar-refractivity contribution in [3.05, 3.63) is 35.4 Å². The van der Waals surface area contributed by atoms with Gasteiger partial charge in [-0.2, -0.15) is 0 Å². The van der Waals surface area contributed by atoms with E-state index in [-0.39, 0.29) is 12.5 Å². The molecule has 1 aromatic carbocycles. The summed E-state index contributed by atoms with van der Waals surface area (Å²) in [7, 11) is 0. The molecule has 2 heteroatoms. The molecule has 94 valence electrons. The van der Waals surface area contributed by atoms with E-state index in [4.69, 9.17) is 4.74 Å². The Balaban J connectivity index is 1.74. The Kier molecular flexibility index (Phi) is 4.57. The summed E-state index contributed by atoms with van der Waals surface area (Å²) >= 11 is 0. The summed E-state index contributed by atoms with van der Waals surface area (Å²) in [5.41, 5.74) is 2.56. The Bertz CT molecular complexity index is 327. The van der Waals surface area contributed by atoms with E-state index in [0.717, 1.165) is 18.9 Å². The van der Waals surface area contributed by atoms with Gasteiger partial charge in [0.25, 0.3) is 0 Å². The summed E-state index contributed by atoms with van der Waals surface area (Å²) in [6.07, 6.45) is 3.55. The molecule has 0 aromatic heterocycles. The minimum atomic E-state index is 0.207. The molecule has 1 aromatic rings. The van der Waals surface area contributed by atoms with E-state index in [1.54, 1.807) is 0 Å². The second-order valence-corrected chi connectivity index (χ2v) is 5.22. The highest BCUT2D eigenvalue weighted by molar-refractivity contribution is 5.21. The topological polar surface area (TPSA) is 29.5 Å². The maximum absolute atomic E-state index is 9.34. The lowest BCUT2D eigenvalue weighted by molar-refractivity contribution is 0.0669. The molecule has 0 heterocycles. The van der Waals surface area contributed by atoms with Crippen LogP contribution < -0.4 is 0 Å². The van der Waals surface area contributed by atoms with Gasteiger partial charge < -0.3 is 9.84 Å². The number of benzene rings is 1. The molecule has 1 aliphatic carbocycles. The first kappa shape index (κ1) is 12.6. The minimum Gasteiger partial charge on any atom is -0.396 e. The van der Waals surface area contributed by atoms with Crippen molar-refractivity contribution in [1.29, 1.82) is 0 Å². The first-order chi connectivity index (χ1) is 8.28. The van der Waals surface area contributed by atoms with Crippen molar-refractivity contribution in [2.75, 3.05) is 19.8 Å². The summed E-state index contributed by atoms with van der Waals surface area (Å²) < 4.78 is 5.65. The Morgan fingerprint density at radius 3 is 2.59 bits per heavy atom. The Morgan fingerprint density at radius 2 is 2.00 bits per heavy atom. The van der Waals surface area contributed by atoms with E-state index >= 15 is 0 Å². The molecule has 17 heavy (non-hydrogen) atoms. The molecule has 0 saturated heterocycles. The van der Waals surface area contributed by atoms with Crippen LogP contribution in [-0.2, 0) is 11.2 Å². The highest BCUT2D eigenvalue weighted by atomic mass is 16.5. The van der Waals surface area contributed by atoms with Crippen molar-refractivity contribution < 1.29 is 9.84 Å². The lowest BCUT2D eigenvalue weighted by Gasteiger charge is -2.14. The highest BCUT2D eigenvalue weighted by Crippen LogP contribution is 2.29. The molecule has 2 rings (SSSR count). The molecule has 1 unspecified atom stereocenters. The van der Waals surface area contributed by atoms with Gasteiger partial charge in [-0.15, -0.1) is 0 Å². The number of aryl methyl sites for hydroxylation is 1. The van der Waals surface area contributed by atoms with E-state index in [1.165, 1.54) is 24.0 Å². The second kappa shape index (κ2) is 6.18. The maximum Gasteiger partial charge on any atom is 0.0519 e. The predicted molar refractivity (Wildman–Crippen MR) is 69.0 cm³/mol. The van der Waals surface area contributed by atoms with Crippen LogP contribution in [0.5, 0.6) is 0 Å². The lowest BCUT2D eigenvalue weighted by Crippen LogP contribution is -2.17. The normalized spacial score (nSPS) is 17.1. The molecule has 1 atom stereocenters. The van der Waals surface area contributed by atoms with Crippen LogP contribution in [0.3, 0.4) is 0 Å². The van der Waals surface area contributed by atoms with Crippen molar-refractivity contribution in [2.24, 2.45) is 11.8 Å². The fourth-order valence-electron chi connectivity index (χ4n) is 1.92. The second-order valence-electron chi connectivity index (χ2n) is 5.22. The minimum absolute atomic E-state index is 0.207. The quantitative estimate of drug-likeness (QED) is 0.785. The molecular weight excluding hydrogens is 212 g/mol. The fraction of sp³-hybridized carbons (Fsp3) is 0.600. The summed E-state index contributed by atoms with van der Waals surface area (Å²) in [6, 6.07) is 8.52. The number of hydrogen-bond acceptors (Lipinski definition) is 2. The van der Waals surface area contributed by atoms with Crippen LogP contribution in [0.2, 0.25) is 0 Å². The molecule has 0 amide bonds. The first-order valence-electron chi connectivity index (χ1n) is 6.52. The Morgan fingerprint density at radius 1 is 1.29 bits per heavy atom. The third-order valence-electron chi connectivity index (χ3n) is 3.31. The zero-order chi connectivity index (χ0) is 12.1. The predicted octanol–water partition coefficient (Wildman–Crippen LogP) is 2.57. The largest absolute Gasteiger partial charge is 0.396 e. The maximum atomic E-state index is 9.34. The average Bonchev–Trinajstić information content (AvgIpc) is 3.14. The third-order valence-corrected chi connectivity index (χ3v) is 3.31. The van der Waals surface area contributed by atoms with Crippen LogP contribution in [0.4, 0.5) is 0 Å². The van der Waals surface area contributed by atoms with Crippen LogP contribution >= 0.6 is 0 Å². The zero-order valence-electron chi connectivity index (χ0n) is 10.6. The van der Waals surface area contributed by atoms with E-state index in [1.807, 2.05) is 0 Å². The van der Waals surface area contributed by atoms with E-state index in [2.05, 4.69) is 31.2 Å². The molecular formula is C15H22O2. The first-order valence-corrected chi connectivity index (χ1v) is 6.52. The molecule has 0 aliphatic heterocycles. The van der Waals surface area contributed by atoms with Crippen molar-refractivity contribution in [3.8, 4) is 0 Å². The number of aliphatic hydroxyl groups is 1. The number of hydrogen-bond donors (Lipinski definition) is 1. The molecule has 1 N–H and O–H groups in total. The molecule has 1 aliphatic rings. The Labute approximate surface area is 104 Å². The molecule has 1 saturated carbocycles. The van der Waals surface area contributed by atoms with Crippen molar-refractivity contribution >= 4 is 0 Å². The van der Waals surface area contributed by atoms with Crippen molar-refractivity contribution in [2.45, 2.75) is 26.2 Å². The third kappa shape index (κ3) is 4.49. The van der Waals surface area contributed by atoms with Gasteiger partial charge in [0.1, 0.15) is 0 Å². The van der Waals surface area contributed by atoms with Crippen LogP contribution in [0.15, 0.2) is 24.3 Å². The van der Waals surface area contributed by atoms with Gasteiger partial charge in [0.2, 0.25) is 0 Å². The summed E-state index contributed by atoms with van der Waals surface area (Å²) in [5.74, 6) is 1.03. The van der Waals surface area contributed by atoms with Crippen LogP contribution in [0.25, 0.3) is 0 Å². The SMILES string of the molecule is Cc1ccc(CC(CO)COCC2CC2)cc1. The van der Waals surface area contributed by atoms with Gasteiger partial charge in [-0.1, -0.05) is 29.8 Å². The summed E-state index contributed by atoms with van der Waals surface area (Å²) in [4.78, 5) is 0. The molecule has 0 spiro atoms.